The number of aromatic nitrogens is 2. The Morgan fingerprint density at radius 1 is 1.18 bits per heavy atom. The van der Waals surface area contributed by atoms with E-state index in [-0.39, 0.29) is 24.1 Å². The molecular weight excluding hydrogens is 500 g/mol. The van der Waals surface area contributed by atoms with E-state index in [1.165, 1.54) is 4.57 Å². The molecule has 0 bridgehead atoms. The van der Waals surface area contributed by atoms with Gasteiger partial charge in [-0.1, -0.05) is 29.8 Å². The number of amides is 1. The van der Waals surface area contributed by atoms with Crippen molar-refractivity contribution in [1.29, 1.82) is 0 Å². The first-order valence-corrected chi connectivity index (χ1v) is 14.0. The number of piperidine rings is 1. The topological polar surface area (TPSA) is 87.5 Å². The van der Waals surface area contributed by atoms with Crippen LogP contribution in [0.25, 0.3) is 22.3 Å². The number of halogens is 1. The van der Waals surface area contributed by atoms with Crippen molar-refractivity contribution in [1.82, 2.24) is 19.8 Å². The minimum Gasteiger partial charge on any atom is -0.390 e. The van der Waals surface area contributed by atoms with Gasteiger partial charge in [0.1, 0.15) is 12.4 Å². The summed E-state index contributed by atoms with van der Waals surface area (Å²) in [5, 5.41) is 14.2. The molecule has 1 saturated carbocycles. The number of hydrogen-bond acceptors (Lipinski definition) is 5. The molecule has 1 aliphatic heterocycles. The monoisotopic (exact) mass is 536 g/mol. The van der Waals surface area contributed by atoms with Crippen molar-refractivity contribution in [3.63, 3.8) is 0 Å². The number of hydrogen-bond donors (Lipinski definition) is 2. The molecule has 3 aromatic rings. The van der Waals surface area contributed by atoms with Gasteiger partial charge in [0.05, 0.1) is 16.5 Å². The molecule has 0 radical (unpaired) electrons. The van der Waals surface area contributed by atoms with Crippen LogP contribution in [0.4, 0.5) is 0 Å². The maximum atomic E-state index is 13.8. The molecule has 0 unspecified atom stereocenters. The lowest BCUT2D eigenvalue weighted by molar-refractivity contribution is -0.122. The lowest BCUT2D eigenvalue weighted by atomic mass is 9.71. The van der Waals surface area contributed by atoms with Crippen LogP contribution in [0.2, 0.25) is 5.02 Å². The lowest BCUT2D eigenvalue weighted by Gasteiger charge is -2.42. The van der Waals surface area contributed by atoms with Crippen LogP contribution in [-0.2, 0) is 11.3 Å². The number of fused-ring (bicyclic) bond motifs is 1. The first kappa shape index (κ1) is 26.9. The Morgan fingerprint density at radius 2 is 1.92 bits per heavy atom. The van der Waals surface area contributed by atoms with E-state index in [0.717, 1.165) is 50.9 Å². The Bertz CT molecular complexity index is 1380. The average molecular weight is 537 g/mol. The molecule has 2 aliphatic rings. The predicted octanol–water partition coefficient (Wildman–Crippen LogP) is 4.58. The van der Waals surface area contributed by atoms with Gasteiger partial charge in [0, 0.05) is 36.3 Å². The van der Waals surface area contributed by atoms with Crippen LogP contribution >= 0.6 is 11.6 Å². The molecule has 2 N–H and O–H groups in total. The molecule has 1 aliphatic carbocycles. The third kappa shape index (κ3) is 5.95. The smallest absolute Gasteiger partial charge is 0.262 e. The summed E-state index contributed by atoms with van der Waals surface area (Å²) in [4.78, 5) is 33.8. The number of nitrogens with one attached hydrogen (secondary N) is 1. The van der Waals surface area contributed by atoms with Gasteiger partial charge in [-0.25, -0.2) is 4.98 Å². The van der Waals surface area contributed by atoms with Crippen LogP contribution in [-0.4, -0.2) is 56.7 Å². The lowest BCUT2D eigenvalue weighted by Crippen LogP contribution is -2.45. The molecule has 7 nitrogen and oxygen atoms in total. The molecule has 0 atom stereocenters. The number of benzene rings is 2. The number of rotatable bonds is 7. The summed E-state index contributed by atoms with van der Waals surface area (Å²) in [6, 6.07) is 13.2. The molecule has 2 aromatic carbocycles. The highest BCUT2D eigenvalue weighted by atomic mass is 35.5. The molecule has 2 heterocycles. The van der Waals surface area contributed by atoms with Gasteiger partial charge in [-0.15, -0.1) is 0 Å². The van der Waals surface area contributed by atoms with E-state index in [4.69, 9.17) is 16.6 Å². The van der Waals surface area contributed by atoms with Crippen LogP contribution in [0, 0.1) is 5.92 Å². The number of likely N-dealkylation sites (tertiary alicyclic amines) is 1. The van der Waals surface area contributed by atoms with E-state index in [9.17, 15) is 14.7 Å². The summed E-state index contributed by atoms with van der Waals surface area (Å²) < 4.78 is 1.46. The first-order chi connectivity index (χ1) is 18.1. The number of carbonyl (C=O) groups is 1. The molecule has 2 fully saturated rings. The molecular formula is C30H37ClN4O3. The Hall–Kier alpha value is -2.74. The largest absolute Gasteiger partial charge is 0.390 e. The standard InChI is InChI=1S/C30H37ClN4O3/c1-19(2)32-27(36)18-35-28(22-5-4-6-24(31)15-22)33-26-8-7-21(16-25(26)29(35)37)23-13-20(14-23)17-34-11-9-30(3,38)10-12-34/h4-8,15-16,19-20,23,38H,9-14,17-18H2,1-3H3,(H,32,36)/t20-,23-. The van der Waals surface area contributed by atoms with Crippen molar-refractivity contribution in [3.8, 4) is 11.4 Å². The van der Waals surface area contributed by atoms with E-state index < -0.39 is 5.60 Å². The van der Waals surface area contributed by atoms with E-state index in [2.05, 4.69) is 16.3 Å². The van der Waals surface area contributed by atoms with Gasteiger partial charge in [0.2, 0.25) is 5.91 Å². The summed E-state index contributed by atoms with van der Waals surface area (Å²) >= 11 is 6.23. The Labute approximate surface area is 228 Å². The quantitative estimate of drug-likeness (QED) is 0.461. The summed E-state index contributed by atoms with van der Waals surface area (Å²) in [6.45, 7) is 8.58. The zero-order valence-corrected chi connectivity index (χ0v) is 23.2. The Morgan fingerprint density at radius 3 is 2.61 bits per heavy atom. The first-order valence-electron chi connectivity index (χ1n) is 13.6. The second-order valence-corrected chi connectivity index (χ2v) is 12.1. The van der Waals surface area contributed by atoms with E-state index >= 15 is 0 Å². The molecule has 1 aromatic heterocycles. The fourth-order valence-electron chi connectivity index (χ4n) is 5.74. The summed E-state index contributed by atoms with van der Waals surface area (Å²) in [5.41, 5.74) is 1.72. The van der Waals surface area contributed by atoms with Crippen LogP contribution in [0.1, 0.15) is 57.9 Å². The molecule has 38 heavy (non-hydrogen) atoms. The van der Waals surface area contributed by atoms with E-state index in [1.807, 2.05) is 45.0 Å². The van der Waals surface area contributed by atoms with Gasteiger partial charge >= 0.3 is 0 Å². The highest BCUT2D eigenvalue weighted by molar-refractivity contribution is 6.30. The predicted molar refractivity (Wildman–Crippen MR) is 151 cm³/mol. The van der Waals surface area contributed by atoms with Crippen molar-refractivity contribution in [2.75, 3.05) is 19.6 Å². The third-order valence-corrected chi connectivity index (χ3v) is 8.20. The Balaban J connectivity index is 1.39. The van der Waals surface area contributed by atoms with Crippen molar-refractivity contribution < 1.29 is 9.90 Å². The van der Waals surface area contributed by atoms with Gasteiger partial charge < -0.3 is 15.3 Å². The number of nitrogens with zero attached hydrogens (tertiary/aromatic N) is 3. The minimum absolute atomic E-state index is 0.0301. The minimum atomic E-state index is -0.521. The fourth-order valence-corrected chi connectivity index (χ4v) is 5.93. The second kappa shape index (κ2) is 10.8. The fraction of sp³-hybridized carbons (Fsp3) is 0.500. The van der Waals surface area contributed by atoms with Crippen molar-refractivity contribution in [2.45, 2.75) is 70.6 Å². The summed E-state index contributed by atoms with van der Waals surface area (Å²) in [7, 11) is 0. The molecule has 5 rings (SSSR count). The van der Waals surface area contributed by atoms with Gasteiger partial charge in [0.25, 0.3) is 5.56 Å². The van der Waals surface area contributed by atoms with Gasteiger partial charge in [-0.05, 0) is 88.1 Å². The van der Waals surface area contributed by atoms with Crippen LogP contribution in [0.3, 0.4) is 0 Å². The molecule has 202 valence electrons. The van der Waals surface area contributed by atoms with E-state index in [1.54, 1.807) is 12.1 Å². The van der Waals surface area contributed by atoms with Gasteiger partial charge in [-0.3, -0.25) is 14.2 Å². The molecule has 0 spiro atoms. The van der Waals surface area contributed by atoms with Crippen molar-refractivity contribution >= 4 is 28.4 Å². The number of carbonyl (C=O) groups excluding carboxylic acids is 1. The zero-order valence-electron chi connectivity index (χ0n) is 22.4. The summed E-state index contributed by atoms with van der Waals surface area (Å²) in [5.74, 6) is 1.25. The highest BCUT2D eigenvalue weighted by Crippen LogP contribution is 2.43. The van der Waals surface area contributed by atoms with Crippen LogP contribution < -0.4 is 10.9 Å². The highest BCUT2D eigenvalue weighted by Gasteiger charge is 2.34. The molecule has 8 heteroatoms. The second-order valence-electron chi connectivity index (χ2n) is 11.7. The van der Waals surface area contributed by atoms with Gasteiger partial charge in [-0.2, -0.15) is 0 Å². The average Bonchev–Trinajstić information content (AvgIpc) is 2.83. The maximum absolute atomic E-state index is 13.8. The number of aliphatic hydroxyl groups is 1. The van der Waals surface area contributed by atoms with Crippen molar-refractivity contribution in [3.05, 3.63) is 63.4 Å². The Kier molecular flexibility index (Phi) is 7.63. The molecule has 1 saturated heterocycles. The van der Waals surface area contributed by atoms with Crippen molar-refractivity contribution in [2.24, 2.45) is 5.92 Å². The van der Waals surface area contributed by atoms with Crippen LogP contribution in [0.5, 0.6) is 0 Å². The van der Waals surface area contributed by atoms with Crippen LogP contribution in [0.15, 0.2) is 47.3 Å². The maximum Gasteiger partial charge on any atom is 0.262 e. The SMILES string of the molecule is CC(C)NC(=O)Cn1c(-c2cccc(Cl)c2)nc2ccc([C@H]3C[C@H](CN4CCC(C)(O)CC4)C3)cc2c1=O. The van der Waals surface area contributed by atoms with Gasteiger partial charge in [0.15, 0.2) is 0 Å². The normalized spacial score (nSPS) is 21.4. The zero-order chi connectivity index (χ0) is 27.0. The molecule has 1 amide bonds. The van der Waals surface area contributed by atoms with E-state index in [0.29, 0.717) is 39.1 Å². The third-order valence-electron chi connectivity index (χ3n) is 7.97. The summed E-state index contributed by atoms with van der Waals surface area (Å²) in [6.07, 6.45) is 3.85.